The summed E-state index contributed by atoms with van der Waals surface area (Å²) >= 11 is 0. The zero-order chi connectivity index (χ0) is 15.9. The number of aromatic amines is 1. The van der Waals surface area contributed by atoms with Crippen LogP contribution in [0.5, 0.6) is 5.75 Å². The Hall–Kier alpha value is -1.85. The second-order valence-electron chi connectivity index (χ2n) is 6.10. The summed E-state index contributed by atoms with van der Waals surface area (Å²) in [4.78, 5) is 9.57. The van der Waals surface area contributed by atoms with E-state index in [1.807, 2.05) is 18.3 Å². The van der Waals surface area contributed by atoms with E-state index in [-0.39, 0.29) is 6.61 Å². The monoisotopic (exact) mass is 315 g/mol. The summed E-state index contributed by atoms with van der Waals surface area (Å²) in [5, 5.41) is 9.34. The number of hydrogen-bond donors (Lipinski definition) is 2. The van der Waals surface area contributed by atoms with Gasteiger partial charge >= 0.3 is 0 Å². The maximum atomic E-state index is 9.34. The minimum absolute atomic E-state index is 0.131. The van der Waals surface area contributed by atoms with E-state index in [2.05, 4.69) is 27.0 Å². The quantitative estimate of drug-likeness (QED) is 0.786. The Bertz CT molecular complexity index is 580. The summed E-state index contributed by atoms with van der Waals surface area (Å²) < 4.78 is 6.21. The van der Waals surface area contributed by atoms with E-state index in [4.69, 9.17) is 4.74 Å². The van der Waals surface area contributed by atoms with Crippen molar-refractivity contribution < 1.29 is 9.84 Å². The molecule has 23 heavy (non-hydrogen) atoms. The number of para-hydroxylation sites is 1. The number of nitrogens with zero attached hydrogens (tertiary/aromatic N) is 2. The molecule has 1 aromatic carbocycles. The molecular formula is C18H25N3O2. The fourth-order valence-corrected chi connectivity index (χ4v) is 3.13. The lowest BCUT2D eigenvalue weighted by atomic mass is 10.1. The van der Waals surface area contributed by atoms with Crippen molar-refractivity contribution in [2.75, 3.05) is 13.2 Å². The van der Waals surface area contributed by atoms with E-state index in [1.165, 1.54) is 18.4 Å². The lowest BCUT2D eigenvalue weighted by Crippen LogP contribution is -2.27. The third-order valence-corrected chi connectivity index (χ3v) is 4.31. The molecule has 2 aromatic rings. The van der Waals surface area contributed by atoms with Crippen LogP contribution in [0.2, 0.25) is 0 Å². The van der Waals surface area contributed by atoms with Gasteiger partial charge in [-0.25, -0.2) is 4.98 Å². The van der Waals surface area contributed by atoms with Gasteiger partial charge in [-0.2, -0.15) is 0 Å². The van der Waals surface area contributed by atoms with Gasteiger partial charge < -0.3 is 14.8 Å². The Morgan fingerprint density at radius 2 is 2.04 bits per heavy atom. The number of rotatable bonds is 8. The number of imidazole rings is 1. The lowest BCUT2D eigenvalue weighted by Gasteiger charge is -2.23. The molecule has 0 bridgehead atoms. The first-order chi connectivity index (χ1) is 11.3. The molecule has 0 aliphatic heterocycles. The van der Waals surface area contributed by atoms with Crippen LogP contribution in [0.15, 0.2) is 36.7 Å². The topological polar surface area (TPSA) is 61.4 Å². The standard InChI is InChI=1S/C18H25N3O2/c22-12-11-21(14-18-19-9-10-20-18)13-15-5-1-4-8-17(15)23-16-6-2-3-7-16/h1,4-5,8-10,16,22H,2-3,6-7,11-14H2,(H,19,20). The third-order valence-electron chi connectivity index (χ3n) is 4.31. The zero-order valence-electron chi connectivity index (χ0n) is 13.4. The molecular weight excluding hydrogens is 290 g/mol. The van der Waals surface area contributed by atoms with E-state index >= 15 is 0 Å². The molecule has 1 aromatic heterocycles. The molecule has 0 unspecified atom stereocenters. The lowest BCUT2D eigenvalue weighted by molar-refractivity contribution is 0.173. The van der Waals surface area contributed by atoms with E-state index in [0.717, 1.165) is 31.0 Å². The number of aliphatic hydroxyl groups excluding tert-OH is 1. The number of benzene rings is 1. The summed E-state index contributed by atoms with van der Waals surface area (Å²) in [6, 6.07) is 8.23. The average molecular weight is 315 g/mol. The van der Waals surface area contributed by atoms with Crippen LogP contribution in [0, 0.1) is 0 Å². The first-order valence-corrected chi connectivity index (χ1v) is 8.41. The van der Waals surface area contributed by atoms with Gasteiger partial charge in [0.15, 0.2) is 0 Å². The highest BCUT2D eigenvalue weighted by molar-refractivity contribution is 5.33. The van der Waals surface area contributed by atoms with Gasteiger partial charge in [0.1, 0.15) is 11.6 Å². The fourth-order valence-electron chi connectivity index (χ4n) is 3.13. The third kappa shape index (κ3) is 4.56. The maximum absolute atomic E-state index is 9.34. The minimum atomic E-state index is 0.131. The van der Waals surface area contributed by atoms with Crippen LogP contribution in [0.4, 0.5) is 0 Å². The van der Waals surface area contributed by atoms with Crippen molar-refractivity contribution in [1.29, 1.82) is 0 Å². The molecule has 1 aliphatic rings. The summed E-state index contributed by atoms with van der Waals surface area (Å²) in [6.45, 7) is 2.17. The molecule has 124 valence electrons. The van der Waals surface area contributed by atoms with Crippen LogP contribution in [0.25, 0.3) is 0 Å². The number of hydrogen-bond acceptors (Lipinski definition) is 4. The SMILES string of the molecule is OCCN(Cc1ncc[nH]1)Cc1ccccc1OC1CCCC1. The van der Waals surface area contributed by atoms with Gasteiger partial charge in [0, 0.05) is 31.0 Å². The van der Waals surface area contributed by atoms with Crippen LogP contribution in [0.3, 0.4) is 0 Å². The molecule has 0 saturated heterocycles. The van der Waals surface area contributed by atoms with Gasteiger partial charge in [0.2, 0.25) is 0 Å². The molecule has 0 amide bonds. The molecule has 1 saturated carbocycles. The predicted octanol–water partition coefficient (Wildman–Crippen LogP) is 2.73. The van der Waals surface area contributed by atoms with Crippen molar-refractivity contribution in [2.45, 2.75) is 44.9 Å². The second kappa shape index (κ2) is 8.13. The van der Waals surface area contributed by atoms with Gasteiger partial charge in [-0.1, -0.05) is 18.2 Å². The van der Waals surface area contributed by atoms with Crippen molar-refractivity contribution in [3.8, 4) is 5.75 Å². The van der Waals surface area contributed by atoms with Crippen LogP contribution in [-0.2, 0) is 13.1 Å². The summed E-state index contributed by atoms with van der Waals surface area (Å²) in [5.74, 6) is 1.88. The normalized spacial score (nSPS) is 15.4. The molecule has 3 rings (SSSR count). The Morgan fingerprint density at radius 3 is 2.78 bits per heavy atom. The smallest absolute Gasteiger partial charge is 0.124 e. The van der Waals surface area contributed by atoms with Crippen molar-refractivity contribution >= 4 is 0 Å². The van der Waals surface area contributed by atoms with E-state index in [9.17, 15) is 5.11 Å². The van der Waals surface area contributed by atoms with Crippen molar-refractivity contribution in [3.63, 3.8) is 0 Å². The van der Waals surface area contributed by atoms with Crippen LogP contribution >= 0.6 is 0 Å². The predicted molar refractivity (Wildman–Crippen MR) is 89.1 cm³/mol. The van der Waals surface area contributed by atoms with Crippen molar-refractivity contribution in [1.82, 2.24) is 14.9 Å². The van der Waals surface area contributed by atoms with Crippen molar-refractivity contribution in [3.05, 3.63) is 48.0 Å². The molecule has 5 heteroatoms. The molecule has 0 atom stereocenters. The molecule has 1 aliphatic carbocycles. The zero-order valence-corrected chi connectivity index (χ0v) is 13.4. The summed E-state index contributed by atoms with van der Waals surface area (Å²) in [6.07, 6.45) is 8.77. The van der Waals surface area contributed by atoms with Gasteiger partial charge in [-0.15, -0.1) is 0 Å². The van der Waals surface area contributed by atoms with Gasteiger partial charge in [-0.05, 0) is 31.7 Å². The number of aliphatic hydroxyl groups is 1. The highest BCUT2D eigenvalue weighted by Crippen LogP contribution is 2.27. The van der Waals surface area contributed by atoms with Gasteiger partial charge in [-0.3, -0.25) is 4.90 Å². The number of ether oxygens (including phenoxy) is 1. The Balaban J connectivity index is 1.68. The highest BCUT2D eigenvalue weighted by atomic mass is 16.5. The first kappa shape index (κ1) is 16.0. The maximum Gasteiger partial charge on any atom is 0.124 e. The molecule has 0 spiro atoms. The van der Waals surface area contributed by atoms with E-state index in [1.54, 1.807) is 6.20 Å². The van der Waals surface area contributed by atoms with Crippen molar-refractivity contribution in [2.24, 2.45) is 0 Å². The van der Waals surface area contributed by atoms with E-state index in [0.29, 0.717) is 19.2 Å². The Morgan fingerprint density at radius 1 is 1.22 bits per heavy atom. The number of H-pyrrole nitrogens is 1. The molecule has 1 heterocycles. The highest BCUT2D eigenvalue weighted by Gasteiger charge is 2.18. The molecule has 0 radical (unpaired) electrons. The Kier molecular flexibility index (Phi) is 5.66. The number of nitrogens with one attached hydrogen (secondary N) is 1. The molecule has 5 nitrogen and oxygen atoms in total. The summed E-state index contributed by atoms with van der Waals surface area (Å²) in [7, 11) is 0. The van der Waals surface area contributed by atoms with Crippen LogP contribution in [-0.4, -0.2) is 39.2 Å². The van der Waals surface area contributed by atoms with E-state index < -0.39 is 0 Å². The second-order valence-corrected chi connectivity index (χ2v) is 6.10. The van der Waals surface area contributed by atoms with Gasteiger partial charge in [0.05, 0.1) is 19.3 Å². The Labute approximate surface area is 137 Å². The first-order valence-electron chi connectivity index (χ1n) is 8.41. The molecule has 1 fully saturated rings. The minimum Gasteiger partial charge on any atom is -0.490 e. The van der Waals surface area contributed by atoms with Crippen LogP contribution in [0.1, 0.15) is 37.1 Å². The summed E-state index contributed by atoms with van der Waals surface area (Å²) in [5.41, 5.74) is 1.17. The van der Waals surface area contributed by atoms with Gasteiger partial charge in [0.25, 0.3) is 0 Å². The average Bonchev–Trinajstić information content (AvgIpc) is 3.23. The molecule has 2 N–H and O–H groups in total. The largest absolute Gasteiger partial charge is 0.490 e. The number of aromatic nitrogens is 2. The van der Waals surface area contributed by atoms with Crippen LogP contribution < -0.4 is 4.74 Å². The fraction of sp³-hybridized carbons (Fsp3) is 0.500.